The Labute approximate surface area is 66.6 Å². The number of hydrogen-bond donors (Lipinski definition) is 0. The molecule has 0 N–H and O–H groups in total. The summed E-state index contributed by atoms with van der Waals surface area (Å²) in [6.07, 6.45) is 7.38. The average Bonchev–Trinajstić information content (AvgIpc) is 2.32. The van der Waals surface area contributed by atoms with Crippen LogP contribution in [-0.4, -0.2) is 9.55 Å². The minimum atomic E-state index is 0.650. The number of hydrogen-bond acceptors (Lipinski definition) is 1. The molecule has 1 aromatic rings. The van der Waals surface area contributed by atoms with E-state index in [1.807, 2.05) is 13.4 Å². The van der Waals surface area contributed by atoms with Crippen molar-refractivity contribution in [1.82, 2.24) is 9.55 Å². The summed E-state index contributed by atoms with van der Waals surface area (Å²) in [5.74, 6) is 0.650. The zero-order chi connectivity index (χ0) is 7.84. The molecule has 0 saturated heterocycles. The highest BCUT2D eigenvalue weighted by molar-refractivity contribution is 5.51. The minimum absolute atomic E-state index is 0.650. The monoisotopic (exact) mass is 148 g/mol. The van der Waals surface area contributed by atoms with Gasteiger partial charge in [-0.25, -0.2) is 4.98 Å². The number of aromatic nitrogens is 2. The van der Waals surface area contributed by atoms with Crippen molar-refractivity contribution in [2.24, 2.45) is 13.0 Å². The third-order valence-electron chi connectivity index (χ3n) is 2.16. The zero-order valence-electron chi connectivity index (χ0n) is 6.91. The van der Waals surface area contributed by atoms with Crippen LogP contribution in [0.2, 0.25) is 0 Å². The molecule has 2 nitrogen and oxygen atoms in total. The molecule has 0 spiro atoms. The molecule has 1 atom stereocenters. The molecule has 0 aliphatic heterocycles. The van der Waals surface area contributed by atoms with Crippen molar-refractivity contribution in [2.45, 2.75) is 13.3 Å². The number of allylic oxidation sites excluding steroid dienone is 1. The quantitative estimate of drug-likeness (QED) is 0.546. The topological polar surface area (TPSA) is 17.8 Å². The summed E-state index contributed by atoms with van der Waals surface area (Å²) < 4.78 is 2.07. The standard InChI is InChI=1S/C9H12N2/c1-7-3-4-9-8(5-7)10-6-11(9)2/h3-4,6-7H,5H2,1-2H3. The predicted octanol–water partition coefficient (Wildman–Crippen LogP) is 1.63. The van der Waals surface area contributed by atoms with Gasteiger partial charge in [0.2, 0.25) is 0 Å². The van der Waals surface area contributed by atoms with E-state index in [-0.39, 0.29) is 0 Å². The summed E-state index contributed by atoms with van der Waals surface area (Å²) in [6.45, 7) is 2.22. The number of rotatable bonds is 0. The van der Waals surface area contributed by atoms with Crippen LogP contribution in [0.25, 0.3) is 6.08 Å². The predicted molar refractivity (Wildman–Crippen MR) is 45.1 cm³/mol. The van der Waals surface area contributed by atoms with Gasteiger partial charge < -0.3 is 4.57 Å². The fourth-order valence-corrected chi connectivity index (χ4v) is 1.49. The molecule has 11 heavy (non-hydrogen) atoms. The van der Waals surface area contributed by atoms with Gasteiger partial charge in [0.05, 0.1) is 17.7 Å². The highest BCUT2D eigenvalue weighted by atomic mass is 15.0. The van der Waals surface area contributed by atoms with Crippen LogP contribution >= 0.6 is 0 Å². The van der Waals surface area contributed by atoms with Crippen LogP contribution in [-0.2, 0) is 13.5 Å². The van der Waals surface area contributed by atoms with Crippen LogP contribution in [0.5, 0.6) is 0 Å². The van der Waals surface area contributed by atoms with Crippen LogP contribution < -0.4 is 0 Å². The van der Waals surface area contributed by atoms with E-state index in [0.29, 0.717) is 5.92 Å². The third-order valence-corrected chi connectivity index (χ3v) is 2.16. The van der Waals surface area contributed by atoms with Gasteiger partial charge in [-0.2, -0.15) is 0 Å². The fraction of sp³-hybridized carbons (Fsp3) is 0.444. The summed E-state index contributed by atoms with van der Waals surface area (Å²) >= 11 is 0. The summed E-state index contributed by atoms with van der Waals surface area (Å²) in [5, 5.41) is 0. The Morgan fingerprint density at radius 3 is 3.27 bits per heavy atom. The van der Waals surface area contributed by atoms with Crippen LogP contribution in [0.4, 0.5) is 0 Å². The van der Waals surface area contributed by atoms with Gasteiger partial charge in [0.25, 0.3) is 0 Å². The van der Waals surface area contributed by atoms with Crippen LogP contribution in [0.15, 0.2) is 12.4 Å². The molecule has 0 amide bonds. The third kappa shape index (κ3) is 0.985. The van der Waals surface area contributed by atoms with E-state index in [4.69, 9.17) is 0 Å². The molecule has 0 bridgehead atoms. The number of aryl methyl sites for hydroxylation is 1. The maximum Gasteiger partial charge on any atom is 0.0951 e. The summed E-state index contributed by atoms with van der Waals surface area (Å²) in [4.78, 5) is 4.32. The number of nitrogens with zero attached hydrogens (tertiary/aromatic N) is 2. The van der Waals surface area contributed by atoms with Crippen molar-refractivity contribution < 1.29 is 0 Å². The number of imidazole rings is 1. The first-order valence-corrected chi connectivity index (χ1v) is 3.96. The van der Waals surface area contributed by atoms with Crippen molar-refractivity contribution in [3.63, 3.8) is 0 Å². The Balaban J connectivity index is 2.48. The fourth-order valence-electron chi connectivity index (χ4n) is 1.49. The molecule has 1 unspecified atom stereocenters. The lowest BCUT2D eigenvalue weighted by molar-refractivity contribution is 0.700. The van der Waals surface area contributed by atoms with Gasteiger partial charge in [0.1, 0.15) is 0 Å². The summed E-state index contributed by atoms with van der Waals surface area (Å²) in [6, 6.07) is 0. The van der Waals surface area contributed by atoms with E-state index < -0.39 is 0 Å². The summed E-state index contributed by atoms with van der Waals surface area (Å²) in [7, 11) is 2.03. The van der Waals surface area contributed by atoms with E-state index in [1.54, 1.807) is 0 Å². The lowest BCUT2D eigenvalue weighted by Crippen LogP contribution is -2.04. The van der Waals surface area contributed by atoms with Crippen molar-refractivity contribution in [2.75, 3.05) is 0 Å². The van der Waals surface area contributed by atoms with Crippen molar-refractivity contribution in [3.8, 4) is 0 Å². The second-order valence-corrected chi connectivity index (χ2v) is 3.23. The van der Waals surface area contributed by atoms with E-state index in [1.165, 1.54) is 11.4 Å². The van der Waals surface area contributed by atoms with Gasteiger partial charge in [-0.1, -0.05) is 13.0 Å². The lowest BCUT2D eigenvalue weighted by atomic mass is 9.98. The van der Waals surface area contributed by atoms with E-state index in [2.05, 4.69) is 28.6 Å². The Morgan fingerprint density at radius 2 is 2.45 bits per heavy atom. The van der Waals surface area contributed by atoms with E-state index in [9.17, 15) is 0 Å². The van der Waals surface area contributed by atoms with Crippen LogP contribution in [0.1, 0.15) is 18.3 Å². The highest BCUT2D eigenvalue weighted by Gasteiger charge is 2.12. The SMILES string of the molecule is CC1C=Cc2c(ncn2C)C1. The van der Waals surface area contributed by atoms with Crippen molar-refractivity contribution in [3.05, 3.63) is 23.8 Å². The van der Waals surface area contributed by atoms with E-state index in [0.717, 1.165) is 6.42 Å². The Hall–Kier alpha value is -1.05. The first-order valence-electron chi connectivity index (χ1n) is 3.96. The molecule has 0 aromatic carbocycles. The molecule has 2 heteroatoms. The van der Waals surface area contributed by atoms with Gasteiger partial charge in [0, 0.05) is 7.05 Å². The molecule has 1 aromatic heterocycles. The molecular weight excluding hydrogens is 136 g/mol. The first-order chi connectivity index (χ1) is 5.27. The van der Waals surface area contributed by atoms with Crippen molar-refractivity contribution in [1.29, 1.82) is 0 Å². The van der Waals surface area contributed by atoms with Crippen molar-refractivity contribution >= 4 is 6.08 Å². The maximum absolute atomic E-state index is 4.32. The Bertz CT molecular complexity index is 297. The minimum Gasteiger partial charge on any atom is -0.334 e. The second-order valence-electron chi connectivity index (χ2n) is 3.23. The average molecular weight is 148 g/mol. The molecular formula is C9H12N2. The number of fused-ring (bicyclic) bond motifs is 1. The Morgan fingerprint density at radius 1 is 1.64 bits per heavy atom. The molecule has 58 valence electrons. The molecule has 0 saturated carbocycles. The maximum atomic E-state index is 4.32. The largest absolute Gasteiger partial charge is 0.334 e. The van der Waals surface area contributed by atoms with E-state index >= 15 is 0 Å². The van der Waals surface area contributed by atoms with Gasteiger partial charge in [-0.3, -0.25) is 0 Å². The molecule has 0 fully saturated rings. The Kier molecular flexibility index (Phi) is 1.34. The van der Waals surface area contributed by atoms with Crippen LogP contribution in [0, 0.1) is 5.92 Å². The molecule has 1 aliphatic rings. The molecule has 1 aliphatic carbocycles. The normalized spacial score (nSPS) is 21.8. The van der Waals surface area contributed by atoms with Gasteiger partial charge in [-0.05, 0) is 18.4 Å². The lowest BCUT2D eigenvalue weighted by Gasteiger charge is -2.10. The van der Waals surface area contributed by atoms with Crippen LogP contribution in [0.3, 0.4) is 0 Å². The smallest absolute Gasteiger partial charge is 0.0951 e. The van der Waals surface area contributed by atoms with Gasteiger partial charge in [0.15, 0.2) is 0 Å². The molecule has 1 heterocycles. The summed E-state index contributed by atoms with van der Waals surface area (Å²) in [5.41, 5.74) is 2.51. The molecule has 2 rings (SSSR count). The van der Waals surface area contributed by atoms with Gasteiger partial charge >= 0.3 is 0 Å². The zero-order valence-corrected chi connectivity index (χ0v) is 6.91. The second kappa shape index (κ2) is 2.22. The van der Waals surface area contributed by atoms with Gasteiger partial charge in [-0.15, -0.1) is 0 Å². The highest BCUT2D eigenvalue weighted by Crippen LogP contribution is 2.20. The molecule has 0 radical (unpaired) electrons. The first kappa shape index (κ1) is 6.65.